The molecular formula is C28H35N5O12P2S. The molecule has 3 saturated heterocycles. The number of nitrogens with two attached hydrogens (primary N) is 1. The monoisotopic (exact) mass is 727 g/mol. The average Bonchev–Trinajstić information content (AvgIpc) is 3.77. The van der Waals surface area contributed by atoms with Crippen LogP contribution in [0.2, 0.25) is 0 Å². The van der Waals surface area contributed by atoms with Crippen LogP contribution in [0.5, 0.6) is 0 Å². The third-order valence-electron chi connectivity index (χ3n) is 8.29. The first-order valence-corrected chi connectivity index (χ1v) is 19.5. The second kappa shape index (κ2) is 12.2. The van der Waals surface area contributed by atoms with Gasteiger partial charge in [-0.2, -0.15) is 0 Å². The molecule has 1 unspecified atom stereocenters. The van der Waals surface area contributed by atoms with Crippen molar-refractivity contribution in [2.75, 3.05) is 18.9 Å². The zero-order valence-electron chi connectivity index (χ0n) is 26.2. The molecule has 1 aliphatic carbocycles. The normalized spacial score (nSPS) is 31.9. The number of imidazole rings is 1. The first-order chi connectivity index (χ1) is 22.5. The van der Waals surface area contributed by atoms with Crippen molar-refractivity contribution in [2.45, 2.75) is 87.0 Å². The van der Waals surface area contributed by atoms with Gasteiger partial charge < -0.3 is 48.6 Å². The number of fused-ring (bicyclic) bond motifs is 3. The summed E-state index contributed by atoms with van der Waals surface area (Å²) in [6.45, 7) is 1.98. The highest BCUT2D eigenvalue weighted by molar-refractivity contribution is 8.54. The summed E-state index contributed by atoms with van der Waals surface area (Å²) in [5.74, 6) is -1.73. The Bertz CT molecular complexity index is 1840. The Morgan fingerprint density at radius 3 is 2.44 bits per heavy atom. The summed E-state index contributed by atoms with van der Waals surface area (Å²) in [5.41, 5.74) is 7.85. The quantitative estimate of drug-likeness (QED) is 0.155. The van der Waals surface area contributed by atoms with Gasteiger partial charge in [0, 0.05) is 4.90 Å². The second-order valence-corrected chi connectivity index (χ2v) is 17.6. The van der Waals surface area contributed by atoms with Crippen molar-refractivity contribution in [1.82, 2.24) is 14.5 Å². The molecule has 3 fully saturated rings. The highest BCUT2D eigenvalue weighted by atomic mass is 32.7. The number of nitrogen functional groups attached to an aromatic ring is 1. The molecule has 17 nitrogen and oxygen atoms in total. The number of phosphoric acid groups is 1. The van der Waals surface area contributed by atoms with Crippen LogP contribution in [0.1, 0.15) is 40.0 Å². The Morgan fingerprint density at radius 1 is 1.02 bits per heavy atom. The first-order valence-electron chi connectivity index (χ1n) is 15.0. The summed E-state index contributed by atoms with van der Waals surface area (Å²) >= 11 is 0.624. The maximum Gasteiger partial charge on any atom is 0.469 e. The molecule has 2 aromatic heterocycles. The molecule has 1 aromatic carbocycles. The van der Waals surface area contributed by atoms with E-state index in [9.17, 15) is 23.8 Å². The average molecular weight is 728 g/mol. The highest BCUT2D eigenvalue weighted by Gasteiger charge is 2.57. The molecule has 0 spiro atoms. The lowest BCUT2D eigenvalue weighted by atomic mass is 10.1. The summed E-state index contributed by atoms with van der Waals surface area (Å²) in [5, 5.41) is 0. The minimum Gasteiger partial charge on any atom is -0.770 e. The minimum atomic E-state index is -4.74. The summed E-state index contributed by atoms with van der Waals surface area (Å²) < 4.78 is 68.5. The van der Waals surface area contributed by atoms with Crippen molar-refractivity contribution in [3.05, 3.63) is 54.6 Å². The van der Waals surface area contributed by atoms with Gasteiger partial charge in [0.2, 0.25) is 12.0 Å². The van der Waals surface area contributed by atoms with E-state index in [0.29, 0.717) is 33.0 Å². The minimum absolute atomic E-state index is 0.229. The van der Waals surface area contributed by atoms with E-state index < -0.39 is 69.0 Å². The third kappa shape index (κ3) is 6.75. The van der Waals surface area contributed by atoms with Crippen LogP contribution in [0.3, 0.4) is 0 Å². The number of benzene rings is 1. The number of hydrogen-bond donors (Lipinski definition) is 3. The molecule has 0 bridgehead atoms. The Balaban J connectivity index is 1.14. The molecule has 0 amide bonds. The van der Waals surface area contributed by atoms with Gasteiger partial charge >= 0.3 is 7.82 Å². The van der Waals surface area contributed by atoms with E-state index in [-0.39, 0.29) is 19.0 Å². The van der Waals surface area contributed by atoms with E-state index in [1.54, 1.807) is 73.2 Å². The predicted octanol–water partition coefficient (Wildman–Crippen LogP) is 2.11. The Hall–Kier alpha value is -2.28. The van der Waals surface area contributed by atoms with Gasteiger partial charge in [-0.05, 0) is 62.9 Å². The molecule has 8 atom stereocenters. The number of hydrogen-bond acceptors (Lipinski definition) is 14. The standard InChI is InChI=1S/C28H35N5O12P2S/c1-27(2)42-20-15(11-39-46(34,35)36)10-17(21(20)43-27)32-14-31-25-19(24(32)29)30-13-33(25)26-23-22(44-28(3,4)45-23)18(41-26)12-40-47(37,38)48-16-8-6-5-7-9-16/h5-10,13-14,17-18,20-23,26,29H,11-12H2,1-4H3,(H3,34,35,36,37,38)/t17-,18-,20-,21+,22-,23-,26-/m1/s1. The number of aromatic nitrogens is 4. The van der Waals surface area contributed by atoms with Crippen LogP contribution in [0, 0.1) is 0 Å². The number of nitrogens with zero attached hydrogens (tertiary/aromatic N) is 4. The SMILES string of the molecule is CC1(C)O[C@@H]2[C@H](O1)[C@@H](COP(=O)([O-])Sc1ccccc1)O[C@H]2n1cnc2c(N)[n+]([C@@H]3C=C(COP(=O)(O)O)[C@H]4OC(C)(C)O[C@H]43)cnc21. The summed E-state index contributed by atoms with van der Waals surface area (Å²) in [6, 6.07) is 8.06. The van der Waals surface area contributed by atoms with E-state index in [1.165, 1.54) is 12.7 Å². The summed E-state index contributed by atoms with van der Waals surface area (Å²) in [6.07, 6.45) is 0.576. The van der Waals surface area contributed by atoms with E-state index >= 15 is 0 Å². The van der Waals surface area contributed by atoms with Gasteiger partial charge in [0.05, 0.1) is 13.2 Å². The van der Waals surface area contributed by atoms with Crippen LogP contribution < -0.4 is 15.2 Å². The lowest BCUT2D eigenvalue weighted by molar-refractivity contribution is -0.706. The van der Waals surface area contributed by atoms with Crippen molar-refractivity contribution < 1.29 is 61.1 Å². The molecule has 7 rings (SSSR count). The maximum atomic E-state index is 12.8. The van der Waals surface area contributed by atoms with Gasteiger partial charge in [-0.3, -0.25) is 13.7 Å². The van der Waals surface area contributed by atoms with Crippen molar-refractivity contribution in [3.8, 4) is 0 Å². The van der Waals surface area contributed by atoms with E-state index in [1.807, 2.05) is 0 Å². The van der Waals surface area contributed by atoms with E-state index in [2.05, 4.69) is 9.97 Å². The molecule has 20 heteroatoms. The van der Waals surface area contributed by atoms with Gasteiger partial charge in [0.25, 0.3) is 5.82 Å². The molecule has 0 radical (unpaired) electrons. The van der Waals surface area contributed by atoms with Gasteiger partial charge in [-0.25, -0.2) is 14.1 Å². The second-order valence-electron chi connectivity index (χ2n) is 12.7. The molecule has 48 heavy (non-hydrogen) atoms. The largest absolute Gasteiger partial charge is 0.770 e. The van der Waals surface area contributed by atoms with Crippen LogP contribution in [0.4, 0.5) is 5.82 Å². The molecule has 4 aliphatic rings. The van der Waals surface area contributed by atoms with Gasteiger partial charge in [0.15, 0.2) is 30.1 Å². The smallest absolute Gasteiger partial charge is 0.469 e. The molecule has 260 valence electrons. The number of anilines is 1. The van der Waals surface area contributed by atoms with Crippen LogP contribution in [-0.4, -0.2) is 79.6 Å². The summed E-state index contributed by atoms with van der Waals surface area (Å²) in [7, 11) is -4.74. The molecule has 5 heterocycles. The Morgan fingerprint density at radius 2 is 1.71 bits per heavy atom. The number of ether oxygens (including phenoxy) is 5. The molecule has 3 aromatic rings. The molecule has 4 N–H and O–H groups in total. The first kappa shape index (κ1) is 34.2. The fraction of sp³-hybridized carbons (Fsp3) is 0.536. The molecule has 0 saturated carbocycles. The van der Waals surface area contributed by atoms with Crippen LogP contribution in [0.15, 0.2) is 59.5 Å². The van der Waals surface area contributed by atoms with E-state index in [0.717, 1.165) is 0 Å². The van der Waals surface area contributed by atoms with Crippen LogP contribution >= 0.6 is 26.0 Å². The predicted molar refractivity (Wildman–Crippen MR) is 165 cm³/mol. The van der Waals surface area contributed by atoms with Crippen molar-refractivity contribution in [3.63, 3.8) is 0 Å². The lowest BCUT2D eigenvalue weighted by Crippen LogP contribution is -2.48. The van der Waals surface area contributed by atoms with Crippen LogP contribution in [-0.2, 0) is 41.9 Å². The van der Waals surface area contributed by atoms with Crippen molar-refractivity contribution in [1.29, 1.82) is 0 Å². The fourth-order valence-electron chi connectivity index (χ4n) is 6.47. The third-order valence-corrected chi connectivity index (χ3v) is 11.5. The maximum absolute atomic E-state index is 12.8. The van der Waals surface area contributed by atoms with Crippen LogP contribution in [0.25, 0.3) is 11.2 Å². The zero-order valence-corrected chi connectivity index (χ0v) is 28.8. The van der Waals surface area contributed by atoms with Crippen molar-refractivity contribution >= 4 is 43.0 Å². The lowest BCUT2D eigenvalue weighted by Gasteiger charge is -2.27. The highest BCUT2D eigenvalue weighted by Crippen LogP contribution is 2.56. The van der Waals surface area contributed by atoms with Gasteiger partial charge in [-0.1, -0.05) is 23.2 Å². The fourth-order valence-corrected chi connectivity index (χ4v) is 9.19. The van der Waals surface area contributed by atoms with Crippen molar-refractivity contribution in [2.24, 2.45) is 0 Å². The van der Waals surface area contributed by atoms with Gasteiger partial charge in [0.1, 0.15) is 42.9 Å². The van der Waals surface area contributed by atoms with E-state index in [4.69, 9.17) is 38.5 Å². The number of phosphoric ester groups is 1. The molecular weight excluding hydrogens is 692 g/mol. The number of rotatable bonds is 10. The zero-order chi connectivity index (χ0) is 34.2. The Labute approximate surface area is 278 Å². The van der Waals surface area contributed by atoms with Gasteiger partial charge in [-0.15, -0.1) is 0 Å². The summed E-state index contributed by atoms with van der Waals surface area (Å²) in [4.78, 5) is 41.0. The Kier molecular flexibility index (Phi) is 8.68. The molecule has 3 aliphatic heterocycles. The topological polar surface area (TPSA) is 223 Å².